The number of hydrogen-bond acceptors (Lipinski definition) is 7. The van der Waals surface area contributed by atoms with Gasteiger partial charge in [0, 0.05) is 33.8 Å². The minimum absolute atomic E-state index is 0.141. The van der Waals surface area contributed by atoms with Crippen LogP contribution in [0.4, 0.5) is 0 Å². The van der Waals surface area contributed by atoms with Gasteiger partial charge in [0.25, 0.3) is 0 Å². The lowest BCUT2D eigenvalue weighted by molar-refractivity contribution is -0.144. The van der Waals surface area contributed by atoms with Crippen molar-refractivity contribution in [3.8, 4) is 0 Å². The van der Waals surface area contributed by atoms with Crippen LogP contribution in [0.3, 0.4) is 0 Å². The number of H-pyrrole nitrogens is 1. The fourth-order valence-corrected chi connectivity index (χ4v) is 5.41. The van der Waals surface area contributed by atoms with Crippen LogP contribution in [-0.4, -0.2) is 45.7 Å². The van der Waals surface area contributed by atoms with Gasteiger partial charge in [0.1, 0.15) is 22.2 Å². The van der Waals surface area contributed by atoms with Crippen molar-refractivity contribution in [3.63, 3.8) is 0 Å². The molecule has 31 heavy (non-hydrogen) atoms. The molecule has 0 aliphatic heterocycles. The van der Waals surface area contributed by atoms with Crippen molar-refractivity contribution in [2.75, 3.05) is 12.9 Å². The second-order valence-corrected chi connectivity index (χ2v) is 9.31. The highest BCUT2D eigenvalue weighted by atomic mass is 32.2. The predicted octanol–water partition coefficient (Wildman–Crippen LogP) is 3.78. The smallest absolute Gasteiger partial charge is 0.328 e. The Kier molecular flexibility index (Phi) is 6.24. The van der Waals surface area contributed by atoms with Crippen molar-refractivity contribution in [1.82, 2.24) is 20.3 Å². The highest BCUT2D eigenvalue weighted by Gasteiger charge is 2.24. The summed E-state index contributed by atoms with van der Waals surface area (Å²) >= 11 is 2.96. The Morgan fingerprint density at radius 2 is 2.06 bits per heavy atom. The summed E-state index contributed by atoms with van der Waals surface area (Å²) in [5.41, 5.74) is 3.06. The average Bonchev–Trinajstić information content (AvgIpc) is 3.32. The summed E-state index contributed by atoms with van der Waals surface area (Å²) in [6, 6.07) is 7.07. The van der Waals surface area contributed by atoms with Crippen LogP contribution >= 0.6 is 23.1 Å². The first-order valence-corrected chi connectivity index (χ1v) is 11.5. The van der Waals surface area contributed by atoms with Gasteiger partial charge in [-0.05, 0) is 31.0 Å². The molecule has 0 saturated heterocycles. The number of methoxy groups -OCH3 is 1. The van der Waals surface area contributed by atoms with Crippen LogP contribution in [0.25, 0.3) is 21.1 Å². The molecule has 9 heteroatoms. The number of carbonyl (C=O) groups excluding carboxylic acids is 2. The number of benzene rings is 1. The topological polar surface area (TPSA) is 97.0 Å². The van der Waals surface area contributed by atoms with E-state index in [1.165, 1.54) is 30.1 Å². The summed E-state index contributed by atoms with van der Waals surface area (Å²) in [4.78, 5) is 39.0. The van der Waals surface area contributed by atoms with E-state index in [4.69, 9.17) is 4.74 Å². The number of fused-ring (bicyclic) bond motifs is 2. The zero-order valence-electron chi connectivity index (χ0n) is 17.4. The third-order valence-corrected chi connectivity index (χ3v) is 7.30. The van der Waals surface area contributed by atoms with Gasteiger partial charge in [-0.1, -0.05) is 30.0 Å². The number of aromatic nitrogens is 3. The monoisotopic (exact) mass is 454 g/mol. The van der Waals surface area contributed by atoms with E-state index >= 15 is 0 Å². The molecule has 3 heterocycles. The van der Waals surface area contributed by atoms with Gasteiger partial charge >= 0.3 is 5.97 Å². The van der Waals surface area contributed by atoms with E-state index < -0.39 is 12.0 Å². The summed E-state index contributed by atoms with van der Waals surface area (Å²) in [5, 5.41) is 5.60. The van der Waals surface area contributed by atoms with Gasteiger partial charge < -0.3 is 15.0 Å². The second-order valence-electron chi connectivity index (χ2n) is 7.14. The number of aryl methyl sites for hydroxylation is 2. The van der Waals surface area contributed by atoms with E-state index in [0.717, 1.165) is 37.3 Å². The molecule has 2 N–H and O–H groups in total. The molecule has 0 unspecified atom stereocenters. The average molecular weight is 455 g/mol. The van der Waals surface area contributed by atoms with E-state index in [9.17, 15) is 9.59 Å². The van der Waals surface area contributed by atoms with Gasteiger partial charge in [0.15, 0.2) is 0 Å². The van der Waals surface area contributed by atoms with Crippen molar-refractivity contribution in [3.05, 3.63) is 52.8 Å². The normalized spacial score (nSPS) is 12.2. The molecule has 0 fully saturated rings. The van der Waals surface area contributed by atoms with Gasteiger partial charge in [0.05, 0.1) is 12.9 Å². The van der Waals surface area contributed by atoms with Crippen LogP contribution in [0, 0.1) is 13.8 Å². The molecule has 4 aromatic rings. The minimum Gasteiger partial charge on any atom is -0.467 e. The lowest BCUT2D eigenvalue weighted by atomic mass is 10.0. The number of rotatable bonds is 7. The Morgan fingerprint density at radius 1 is 1.26 bits per heavy atom. The molecule has 1 atom stereocenters. The maximum atomic E-state index is 12.7. The zero-order valence-corrected chi connectivity index (χ0v) is 19.0. The summed E-state index contributed by atoms with van der Waals surface area (Å²) in [7, 11) is 1.32. The number of nitrogens with zero attached hydrogens (tertiary/aromatic N) is 2. The van der Waals surface area contributed by atoms with Gasteiger partial charge in [-0.15, -0.1) is 11.3 Å². The molecule has 0 saturated carbocycles. The minimum atomic E-state index is -0.771. The summed E-state index contributed by atoms with van der Waals surface area (Å²) in [6.07, 6.45) is 3.72. The van der Waals surface area contributed by atoms with Gasteiger partial charge in [0.2, 0.25) is 5.91 Å². The maximum absolute atomic E-state index is 12.7. The largest absolute Gasteiger partial charge is 0.467 e. The molecule has 1 amide bonds. The molecule has 0 radical (unpaired) electrons. The highest BCUT2D eigenvalue weighted by molar-refractivity contribution is 8.00. The molecule has 0 spiro atoms. The maximum Gasteiger partial charge on any atom is 0.328 e. The summed E-state index contributed by atoms with van der Waals surface area (Å²) < 4.78 is 4.92. The molecular formula is C22H22N4O3S2. The van der Waals surface area contributed by atoms with E-state index in [1.807, 2.05) is 37.4 Å². The Morgan fingerprint density at radius 3 is 2.87 bits per heavy atom. The Labute approximate surface area is 187 Å². The van der Waals surface area contributed by atoms with Crippen molar-refractivity contribution in [1.29, 1.82) is 0 Å². The number of hydrogen-bond donors (Lipinski definition) is 2. The van der Waals surface area contributed by atoms with Gasteiger partial charge in [-0.2, -0.15) is 0 Å². The third-order valence-electron chi connectivity index (χ3n) is 5.19. The first-order valence-electron chi connectivity index (χ1n) is 9.73. The van der Waals surface area contributed by atoms with Crippen LogP contribution < -0.4 is 5.32 Å². The summed E-state index contributed by atoms with van der Waals surface area (Å²) in [6.45, 7) is 4.09. The van der Waals surface area contributed by atoms with Gasteiger partial charge in [-0.3, -0.25) is 4.79 Å². The number of esters is 1. The van der Waals surface area contributed by atoms with Crippen LogP contribution in [0.15, 0.2) is 41.8 Å². The van der Waals surface area contributed by atoms with Crippen LogP contribution in [0.2, 0.25) is 0 Å². The number of thiophene rings is 1. The molecule has 4 rings (SSSR count). The quantitative estimate of drug-likeness (QED) is 0.251. The number of aromatic amines is 1. The highest BCUT2D eigenvalue weighted by Crippen LogP contribution is 2.34. The van der Waals surface area contributed by atoms with Gasteiger partial charge in [-0.25, -0.2) is 14.8 Å². The SMILES string of the molecule is COC(=O)[C@@H](Cc1c[nH]c2ccccc12)NC(=O)CSc1ncnc2sc(C)c(C)c12. The zero-order chi connectivity index (χ0) is 22.0. The third kappa shape index (κ3) is 4.42. The molecule has 0 aliphatic rings. The Hall–Kier alpha value is -2.91. The van der Waals surface area contributed by atoms with Crippen LogP contribution in [0.1, 0.15) is 16.0 Å². The molecule has 3 aromatic heterocycles. The standard InChI is InChI=1S/C22H22N4O3S2/c1-12-13(2)31-21-19(12)20(24-11-25-21)30-10-18(27)26-17(22(28)29-3)8-14-9-23-16-7-5-4-6-15(14)16/h4-7,9,11,17,23H,8,10H2,1-3H3,(H,26,27)/t17-/m1/s1. The van der Waals surface area contributed by atoms with Crippen molar-refractivity contribution < 1.29 is 14.3 Å². The van der Waals surface area contributed by atoms with Crippen molar-refractivity contribution >= 4 is 56.1 Å². The molecular weight excluding hydrogens is 432 g/mol. The number of amides is 1. The Balaban J connectivity index is 1.47. The van der Waals surface area contributed by atoms with E-state index in [2.05, 4.69) is 27.2 Å². The summed E-state index contributed by atoms with van der Waals surface area (Å²) in [5.74, 6) is -0.587. The first-order chi connectivity index (χ1) is 15.0. The first kappa shape index (κ1) is 21.3. The number of thioether (sulfide) groups is 1. The predicted molar refractivity (Wildman–Crippen MR) is 124 cm³/mol. The fourth-order valence-electron chi connectivity index (χ4n) is 3.49. The number of carbonyl (C=O) groups is 2. The van der Waals surface area contributed by atoms with Crippen molar-refractivity contribution in [2.45, 2.75) is 31.3 Å². The Bertz CT molecular complexity index is 1260. The number of nitrogens with one attached hydrogen (secondary N) is 2. The molecule has 1 aromatic carbocycles. The van der Waals surface area contributed by atoms with Crippen LogP contribution in [-0.2, 0) is 20.7 Å². The van der Waals surface area contributed by atoms with E-state index in [0.29, 0.717) is 6.42 Å². The second kappa shape index (κ2) is 9.07. The number of ether oxygens (including phenoxy) is 1. The molecule has 0 aliphatic carbocycles. The lowest BCUT2D eigenvalue weighted by Crippen LogP contribution is -2.43. The fraction of sp³-hybridized carbons (Fsp3) is 0.273. The van der Waals surface area contributed by atoms with E-state index in [-0.39, 0.29) is 11.7 Å². The number of para-hydroxylation sites is 1. The van der Waals surface area contributed by atoms with E-state index in [1.54, 1.807) is 11.3 Å². The van der Waals surface area contributed by atoms with Crippen molar-refractivity contribution in [2.24, 2.45) is 0 Å². The van der Waals surface area contributed by atoms with Crippen LogP contribution in [0.5, 0.6) is 0 Å². The molecule has 160 valence electrons. The lowest BCUT2D eigenvalue weighted by Gasteiger charge is -2.16. The molecule has 7 nitrogen and oxygen atoms in total. The molecule has 0 bridgehead atoms.